The minimum Gasteiger partial charge on any atom is -0.470 e. The van der Waals surface area contributed by atoms with Gasteiger partial charge in [-0.1, -0.05) is 174 Å². The zero-order valence-corrected chi connectivity index (χ0v) is 40.5. The van der Waals surface area contributed by atoms with Crippen LogP contribution in [0.1, 0.15) is 152 Å². The molecule has 0 spiro atoms. The molecule has 3 heteroatoms. The predicted octanol–water partition coefficient (Wildman–Crippen LogP) is 14.9. The molecule has 2 aliphatic rings. The molecule has 2 nitrogen and oxygen atoms in total. The molecule has 2 atom stereocenters. The van der Waals surface area contributed by atoms with Crippen LogP contribution in [0.4, 0.5) is 17.1 Å². The van der Waals surface area contributed by atoms with Gasteiger partial charge in [0, 0.05) is 22.4 Å². The molecule has 0 amide bonds. The summed E-state index contributed by atoms with van der Waals surface area (Å²) in [5, 5.41) is 1.27. The van der Waals surface area contributed by atoms with Crippen molar-refractivity contribution in [2.45, 2.75) is 143 Å². The third-order valence-corrected chi connectivity index (χ3v) is 15.2. The van der Waals surface area contributed by atoms with Crippen LogP contribution in [0.2, 0.25) is 0 Å². The van der Waals surface area contributed by atoms with Crippen LogP contribution in [0.25, 0.3) is 22.1 Å². The van der Waals surface area contributed by atoms with Crippen molar-refractivity contribution < 1.29 is 4.42 Å². The lowest BCUT2D eigenvalue weighted by molar-refractivity contribution is 0.332. The molecule has 322 valence electrons. The molecular formula is C60H68BNO. The maximum absolute atomic E-state index is 7.69. The second-order valence-electron chi connectivity index (χ2n) is 22.7. The molecule has 0 N–H and O–H groups in total. The Morgan fingerprint density at radius 2 is 1.22 bits per heavy atom. The van der Waals surface area contributed by atoms with E-state index in [4.69, 9.17) is 4.42 Å². The Labute approximate surface area is 379 Å². The molecule has 0 radical (unpaired) electrons. The van der Waals surface area contributed by atoms with E-state index in [9.17, 15) is 0 Å². The van der Waals surface area contributed by atoms with Crippen LogP contribution in [0.3, 0.4) is 0 Å². The first-order valence-electron chi connectivity index (χ1n) is 23.6. The van der Waals surface area contributed by atoms with Crippen molar-refractivity contribution in [2.75, 3.05) is 4.90 Å². The maximum Gasteiger partial charge on any atom is 0.292 e. The number of aryl methyl sites for hydroxylation is 2. The fourth-order valence-electron chi connectivity index (χ4n) is 11.1. The third-order valence-electron chi connectivity index (χ3n) is 15.2. The van der Waals surface area contributed by atoms with Gasteiger partial charge in [0.25, 0.3) is 6.71 Å². The summed E-state index contributed by atoms with van der Waals surface area (Å²) in [4.78, 5) is 2.54. The van der Waals surface area contributed by atoms with Crippen molar-refractivity contribution >= 4 is 51.3 Å². The van der Waals surface area contributed by atoms with Gasteiger partial charge in [0.2, 0.25) is 0 Å². The monoisotopic (exact) mass is 830 g/mol. The SMILES string of the molecule is Cc1cc(C)c2c(c1)N(c1ccc(C(C)(C)C)cc1)c1ccc(C(C)(C)C)cc1B2c1oc2cc3c(cc2c1[C@H](C)C(C)c1ccccc1-c1ccccc1)C(C)(C)CCC3(C)C. The van der Waals surface area contributed by atoms with Gasteiger partial charge in [0.05, 0.1) is 5.66 Å². The van der Waals surface area contributed by atoms with Crippen LogP contribution in [-0.4, -0.2) is 6.71 Å². The van der Waals surface area contributed by atoms with Gasteiger partial charge < -0.3 is 9.32 Å². The smallest absolute Gasteiger partial charge is 0.292 e. The standard InChI is InChI=1S/C60H68BNO/c1-37-32-38(2)55-52(33-37)62(44-27-24-42(25-28-44)57(5,6)7)51-29-26-43(58(8,9)10)34-50(51)61(55)56-54(40(4)39(3)45-22-18-19-23-46(45)41-20-16-15-17-21-41)47-35-48-49(36-53(47)63-56)60(13,14)31-30-59(48,11)12/h15-29,32-36,39-40H,30-31H2,1-14H3/t39?,40-/m1/s1. The number of rotatable bonds is 6. The Morgan fingerprint density at radius 1 is 0.619 bits per heavy atom. The highest BCUT2D eigenvalue weighted by Crippen LogP contribution is 2.49. The van der Waals surface area contributed by atoms with E-state index >= 15 is 0 Å². The zero-order chi connectivity index (χ0) is 45.0. The second-order valence-corrected chi connectivity index (χ2v) is 22.7. The van der Waals surface area contributed by atoms with Crippen molar-refractivity contribution in [3.63, 3.8) is 0 Å². The summed E-state index contributed by atoms with van der Waals surface area (Å²) in [6.45, 7) is 33.0. The van der Waals surface area contributed by atoms with Crippen LogP contribution < -0.4 is 21.5 Å². The molecule has 1 aliphatic carbocycles. The van der Waals surface area contributed by atoms with Gasteiger partial charge in [-0.05, 0) is 158 Å². The summed E-state index contributed by atoms with van der Waals surface area (Å²) in [6, 6.07) is 46.4. The first kappa shape index (κ1) is 43.0. The summed E-state index contributed by atoms with van der Waals surface area (Å²) in [6.07, 6.45) is 2.33. The number of benzene rings is 6. The molecule has 0 bridgehead atoms. The van der Waals surface area contributed by atoms with Crippen molar-refractivity contribution in [1.29, 1.82) is 0 Å². The zero-order valence-electron chi connectivity index (χ0n) is 40.5. The average molecular weight is 830 g/mol. The predicted molar refractivity (Wildman–Crippen MR) is 273 cm³/mol. The fourth-order valence-corrected chi connectivity index (χ4v) is 11.1. The van der Waals surface area contributed by atoms with E-state index in [0.29, 0.717) is 0 Å². The number of hydrogen-bond donors (Lipinski definition) is 0. The van der Waals surface area contributed by atoms with Gasteiger partial charge in [-0.25, -0.2) is 0 Å². The second kappa shape index (κ2) is 15.2. The number of nitrogens with zero attached hydrogens (tertiary/aromatic N) is 1. The van der Waals surface area contributed by atoms with E-state index in [1.165, 1.54) is 95.4 Å². The van der Waals surface area contributed by atoms with E-state index in [1.807, 2.05) is 0 Å². The Hall–Kier alpha value is -5.28. The van der Waals surface area contributed by atoms with Gasteiger partial charge >= 0.3 is 0 Å². The Bertz CT molecular complexity index is 2860. The molecule has 7 aromatic rings. The lowest BCUT2D eigenvalue weighted by Gasteiger charge is -2.41. The summed E-state index contributed by atoms with van der Waals surface area (Å²) in [5.74, 6) is 0.331. The summed E-state index contributed by atoms with van der Waals surface area (Å²) < 4.78 is 7.69. The molecule has 1 aromatic heterocycles. The average Bonchev–Trinajstić information content (AvgIpc) is 3.61. The van der Waals surface area contributed by atoms with Gasteiger partial charge in [0.15, 0.2) is 0 Å². The highest BCUT2D eigenvalue weighted by Gasteiger charge is 2.44. The van der Waals surface area contributed by atoms with Crippen molar-refractivity contribution in [2.24, 2.45) is 0 Å². The van der Waals surface area contributed by atoms with Crippen LogP contribution in [0.15, 0.2) is 126 Å². The van der Waals surface area contributed by atoms with Crippen molar-refractivity contribution in [1.82, 2.24) is 0 Å². The lowest BCUT2D eigenvalue weighted by atomic mass is 9.35. The topological polar surface area (TPSA) is 16.4 Å². The van der Waals surface area contributed by atoms with Crippen molar-refractivity contribution in [3.8, 4) is 11.1 Å². The van der Waals surface area contributed by atoms with E-state index in [-0.39, 0.29) is 40.2 Å². The lowest BCUT2D eigenvalue weighted by Crippen LogP contribution is -2.59. The molecule has 0 saturated carbocycles. The molecular weight excluding hydrogens is 761 g/mol. The summed E-state index contributed by atoms with van der Waals surface area (Å²) >= 11 is 0. The Morgan fingerprint density at radius 3 is 1.87 bits per heavy atom. The van der Waals surface area contributed by atoms with Gasteiger partial charge in [-0.15, -0.1) is 0 Å². The van der Waals surface area contributed by atoms with Crippen LogP contribution in [0.5, 0.6) is 0 Å². The number of fused-ring (bicyclic) bond motifs is 4. The molecule has 6 aromatic carbocycles. The Balaban J connectivity index is 1.36. The maximum atomic E-state index is 7.69. The number of anilines is 3. The van der Waals surface area contributed by atoms with Gasteiger partial charge in [-0.3, -0.25) is 0 Å². The molecule has 9 rings (SSSR count). The molecule has 0 saturated heterocycles. The minimum absolute atomic E-state index is 0.0444. The van der Waals surface area contributed by atoms with E-state index in [1.54, 1.807) is 0 Å². The molecule has 1 aliphatic heterocycles. The van der Waals surface area contributed by atoms with E-state index in [0.717, 1.165) is 17.7 Å². The first-order chi connectivity index (χ1) is 29.7. The van der Waals surface area contributed by atoms with Crippen LogP contribution in [0, 0.1) is 13.8 Å². The Kier molecular flexibility index (Phi) is 10.4. The largest absolute Gasteiger partial charge is 0.470 e. The van der Waals surface area contributed by atoms with Crippen molar-refractivity contribution in [3.05, 3.63) is 166 Å². The third kappa shape index (κ3) is 7.38. The van der Waals surface area contributed by atoms with E-state index < -0.39 is 0 Å². The molecule has 1 unspecified atom stereocenters. The molecule has 63 heavy (non-hydrogen) atoms. The van der Waals surface area contributed by atoms with Crippen LogP contribution in [-0.2, 0) is 21.7 Å². The molecule has 2 heterocycles. The fraction of sp³-hybridized carbons (Fsp3) is 0.367. The van der Waals surface area contributed by atoms with E-state index in [2.05, 4.69) is 223 Å². The number of hydrogen-bond acceptors (Lipinski definition) is 2. The van der Waals surface area contributed by atoms with Crippen LogP contribution >= 0.6 is 0 Å². The quantitative estimate of drug-likeness (QED) is 0.155. The minimum atomic E-state index is -0.123. The first-order valence-corrected chi connectivity index (χ1v) is 23.6. The molecule has 0 fully saturated rings. The van der Waals surface area contributed by atoms with Gasteiger partial charge in [-0.2, -0.15) is 0 Å². The highest BCUT2D eigenvalue weighted by molar-refractivity contribution is 6.98. The summed E-state index contributed by atoms with van der Waals surface area (Å²) in [5.41, 5.74) is 21.9. The number of furan rings is 1. The normalized spacial score (nSPS) is 16.7. The highest BCUT2D eigenvalue weighted by atomic mass is 16.3. The van der Waals surface area contributed by atoms with Gasteiger partial charge in [0.1, 0.15) is 5.58 Å². The summed E-state index contributed by atoms with van der Waals surface area (Å²) in [7, 11) is 0.